The minimum absolute atomic E-state index is 0.0274. The Balaban J connectivity index is 2.44. The zero-order chi connectivity index (χ0) is 21.1. The Bertz CT molecular complexity index is 965. The van der Waals surface area contributed by atoms with Crippen LogP contribution in [0.2, 0.25) is 5.02 Å². The highest BCUT2D eigenvalue weighted by Crippen LogP contribution is 2.35. The van der Waals surface area contributed by atoms with Gasteiger partial charge in [0.2, 0.25) is 15.9 Å². The molecule has 0 spiro atoms. The first kappa shape index (κ1) is 22.0. The lowest BCUT2D eigenvalue weighted by molar-refractivity contribution is -0.137. The van der Waals surface area contributed by atoms with E-state index in [9.17, 15) is 26.4 Å². The number of hydrogen-bond acceptors (Lipinski definition) is 3. The van der Waals surface area contributed by atoms with Gasteiger partial charge in [-0.1, -0.05) is 36.7 Å². The van der Waals surface area contributed by atoms with E-state index < -0.39 is 39.4 Å². The molecule has 2 aromatic carbocycles. The standard InChI is InChI=1S/C18H18ClF3N2O3S/c1-3-16(24(28(2,26)27)13-8-6-7-12(19)11-13)17(25)23-15-10-5-4-9-14(15)18(20,21)22/h4-11,16H,3H2,1-2H3,(H,23,25)/t16-/m1/s1. The van der Waals surface area contributed by atoms with Crippen molar-refractivity contribution in [2.24, 2.45) is 0 Å². The van der Waals surface area contributed by atoms with Crippen molar-refractivity contribution in [3.63, 3.8) is 0 Å². The number of alkyl halides is 3. The van der Waals surface area contributed by atoms with Crippen LogP contribution in [0.1, 0.15) is 18.9 Å². The molecule has 0 aliphatic carbocycles. The Morgan fingerprint density at radius 3 is 2.36 bits per heavy atom. The van der Waals surface area contributed by atoms with E-state index in [1.165, 1.54) is 36.4 Å². The second kappa shape index (κ2) is 8.40. The monoisotopic (exact) mass is 434 g/mol. The zero-order valence-corrected chi connectivity index (χ0v) is 16.6. The number of carbonyl (C=O) groups excluding carboxylic acids is 1. The number of hydrogen-bond donors (Lipinski definition) is 1. The Morgan fingerprint density at radius 1 is 1.18 bits per heavy atom. The second-order valence-electron chi connectivity index (χ2n) is 6.00. The van der Waals surface area contributed by atoms with Crippen LogP contribution in [0.4, 0.5) is 24.5 Å². The van der Waals surface area contributed by atoms with Crippen molar-refractivity contribution in [3.05, 3.63) is 59.1 Å². The van der Waals surface area contributed by atoms with Gasteiger partial charge in [0.25, 0.3) is 0 Å². The minimum atomic E-state index is -4.67. The van der Waals surface area contributed by atoms with Gasteiger partial charge < -0.3 is 5.32 Å². The summed E-state index contributed by atoms with van der Waals surface area (Å²) in [4.78, 5) is 12.8. The van der Waals surface area contributed by atoms with Crippen LogP contribution in [-0.2, 0) is 21.0 Å². The Hall–Kier alpha value is -2.26. The van der Waals surface area contributed by atoms with E-state index in [0.29, 0.717) is 0 Å². The Labute approximate surface area is 166 Å². The molecule has 28 heavy (non-hydrogen) atoms. The number of anilines is 2. The molecule has 2 rings (SSSR count). The Morgan fingerprint density at radius 2 is 1.82 bits per heavy atom. The number of amides is 1. The first-order valence-corrected chi connectivity index (χ1v) is 10.4. The van der Waals surface area contributed by atoms with Gasteiger partial charge in [0.05, 0.1) is 23.2 Å². The topological polar surface area (TPSA) is 66.5 Å². The lowest BCUT2D eigenvalue weighted by Crippen LogP contribution is -2.47. The van der Waals surface area contributed by atoms with E-state index in [1.807, 2.05) is 0 Å². The van der Waals surface area contributed by atoms with Gasteiger partial charge in [0, 0.05) is 5.02 Å². The number of halogens is 4. The molecular weight excluding hydrogens is 417 g/mol. The van der Waals surface area contributed by atoms with Crippen molar-refractivity contribution >= 4 is 38.9 Å². The van der Waals surface area contributed by atoms with Crippen LogP contribution < -0.4 is 9.62 Å². The summed E-state index contributed by atoms with van der Waals surface area (Å²) in [6.45, 7) is 1.56. The number of nitrogens with one attached hydrogen (secondary N) is 1. The number of rotatable bonds is 6. The fourth-order valence-electron chi connectivity index (χ4n) is 2.73. The second-order valence-corrected chi connectivity index (χ2v) is 8.29. The third-order valence-corrected chi connectivity index (χ3v) is 5.30. The average molecular weight is 435 g/mol. The molecule has 1 atom stereocenters. The van der Waals surface area contributed by atoms with Crippen LogP contribution in [0.3, 0.4) is 0 Å². The highest BCUT2D eigenvalue weighted by Gasteiger charge is 2.36. The third-order valence-electron chi connectivity index (χ3n) is 3.88. The van der Waals surface area contributed by atoms with Crippen molar-refractivity contribution in [2.75, 3.05) is 15.9 Å². The largest absolute Gasteiger partial charge is 0.418 e. The summed E-state index contributed by atoms with van der Waals surface area (Å²) in [6, 6.07) is 9.08. The quantitative estimate of drug-likeness (QED) is 0.725. The maximum Gasteiger partial charge on any atom is 0.418 e. The van der Waals surface area contributed by atoms with E-state index in [4.69, 9.17) is 11.6 Å². The molecule has 0 saturated heterocycles. The minimum Gasteiger partial charge on any atom is -0.324 e. The summed E-state index contributed by atoms with van der Waals surface area (Å²) < 4.78 is 65.1. The SMILES string of the molecule is CC[C@H](C(=O)Nc1ccccc1C(F)(F)F)N(c1cccc(Cl)c1)S(C)(=O)=O. The Kier molecular flexibility index (Phi) is 6.61. The molecule has 0 aromatic heterocycles. The molecule has 0 radical (unpaired) electrons. The molecular formula is C18H18ClF3N2O3S. The molecule has 0 aliphatic heterocycles. The van der Waals surface area contributed by atoms with Gasteiger partial charge in [0.15, 0.2) is 0 Å². The van der Waals surface area contributed by atoms with Gasteiger partial charge in [-0.25, -0.2) is 8.42 Å². The van der Waals surface area contributed by atoms with Crippen LogP contribution in [0.15, 0.2) is 48.5 Å². The molecule has 1 N–H and O–H groups in total. The number of carbonyl (C=O) groups is 1. The zero-order valence-electron chi connectivity index (χ0n) is 15.0. The van der Waals surface area contributed by atoms with Gasteiger partial charge >= 0.3 is 6.18 Å². The van der Waals surface area contributed by atoms with E-state index in [2.05, 4.69) is 5.32 Å². The van der Waals surface area contributed by atoms with Gasteiger partial charge in [-0.3, -0.25) is 9.10 Å². The molecule has 152 valence electrons. The summed E-state index contributed by atoms with van der Waals surface area (Å²) in [5, 5.41) is 2.46. The lowest BCUT2D eigenvalue weighted by Gasteiger charge is -2.30. The van der Waals surface area contributed by atoms with Gasteiger partial charge in [-0.2, -0.15) is 13.2 Å². The number of para-hydroxylation sites is 1. The van der Waals surface area contributed by atoms with Crippen molar-refractivity contribution in [3.8, 4) is 0 Å². The van der Waals surface area contributed by atoms with Crippen LogP contribution in [0.25, 0.3) is 0 Å². The lowest BCUT2D eigenvalue weighted by atomic mass is 10.1. The molecule has 0 bridgehead atoms. The van der Waals surface area contributed by atoms with Crippen LogP contribution >= 0.6 is 11.6 Å². The van der Waals surface area contributed by atoms with E-state index in [1.54, 1.807) is 6.92 Å². The molecule has 0 unspecified atom stereocenters. The van der Waals surface area contributed by atoms with Crippen LogP contribution in [0, 0.1) is 0 Å². The van der Waals surface area contributed by atoms with Crippen molar-refractivity contribution < 1.29 is 26.4 Å². The molecule has 0 fully saturated rings. The van der Waals surface area contributed by atoms with Crippen molar-refractivity contribution in [2.45, 2.75) is 25.6 Å². The van der Waals surface area contributed by atoms with E-state index >= 15 is 0 Å². The molecule has 1 amide bonds. The number of sulfonamides is 1. The highest BCUT2D eigenvalue weighted by atomic mass is 35.5. The fourth-order valence-corrected chi connectivity index (χ4v) is 4.12. The first-order chi connectivity index (χ1) is 12.9. The van der Waals surface area contributed by atoms with Crippen LogP contribution in [-0.4, -0.2) is 26.6 Å². The molecule has 0 aliphatic rings. The smallest absolute Gasteiger partial charge is 0.324 e. The normalized spacial score (nSPS) is 13.1. The molecule has 0 heterocycles. The fraction of sp³-hybridized carbons (Fsp3) is 0.278. The van der Waals surface area contributed by atoms with Gasteiger partial charge in [-0.05, 0) is 36.8 Å². The molecule has 0 saturated carbocycles. The predicted molar refractivity (Wildman–Crippen MR) is 103 cm³/mol. The highest BCUT2D eigenvalue weighted by molar-refractivity contribution is 7.92. The van der Waals surface area contributed by atoms with Crippen LogP contribution in [0.5, 0.6) is 0 Å². The number of nitrogens with zero attached hydrogens (tertiary/aromatic N) is 1. The third kappa shape index (κ3) is 5.17. The summed E-state index contributed by atoms with van der Waals surface area (Å²) in [7, 11) is -3.93. The van der Waals surface area contributed by atoms with Gasteiger partial charge in [0.1, 0.15) is 6.04 Å². The maximum absolute atomic E-state index is 13.2. The van der Waals surface area contributed by atoms with E-state index in [-0.39, 0.29) is 17.1 Å². The molecule has 2 aromatic rings. The van der Waals surface area contributed by atoms with Crippen molar-refractivity contribution in [1.82, 2.24) is 0 Å². The van der Waals surface area contributed by atoms with E-state index in [0.717, 1.165) is 22.7 Å². The summed E-state index contributed by atoms with van der Waals surface area (Å²) in [5.74, 6) is -0.885. The van der Waals surface area contributed by atoms with Crippen molar-refractivity contribution in [1.29, 1.82) is 0 Å². The van der Waals surface area contributed by atoms with Gasteiger partial charge in [-0.15, -0.1) is 0 Å². The molecule has 10 heteroatoms. The summed E-state index contributed by atoms with van der Waals surface area (Å²) in [5.41, 5.74) is -1.33. The number of benzene rings is 2. The maximum atomic E-state index is 13.2. The predicted octanol–water partition coefficient (Wildman–Crippen LogP) is 4.54. The average Bonchev–Trinajstić information content (AvgIpc) is 2.57. The molecule has 5 nitrogen and oxygen atoms in total. The summed E-state index contributed by atoms with van der Waals surface area (Å²) >= 11 is 5.92. The first-order valence-electron chi connectivity index (χ1n) is 8.17. The summed E-state index contributed by atoms with van der Waals surface area (Å²) in [6.07, 6.45) is -3.73.